The van der Waals surface area contributed by atoms with Gasteiger partial charge in [-0.15, -0.1) is 0 Å². The largest absolute Gasteiger partial charge is 0.496 e. The Labute approximate surface area is 98.8 Å². The van der Waals surface area contributed by atoms with Crippen molar-refractivity contribution in [3.63, 3.8) is 0 Å². The lowest BCUT2D eigenvalue weighted by atomic mass is 9.93. The Bertz CT molecular complexity index is 280. The van der Waals surface area contributed by atoms with Gasteiger partial charge in [0.15, 0.2) is 0 Å². The summed E-state index contributed by atoms with van der Waals surface area (Å²) in [5.74, 6) is 1.17. The van der Waals surface area contributed by atoms with Crippen LogP contribution in [0.25, 0.3) is 0 Å². The molecule has 2 aliphatic rings. The summed E-state index contributed by atoms with van der Waals surface area (Å²) < 4.78 is 5.68. The maximum Gasteiger partial charge on any atom is 0.109 e. The highest BCUT2D eigenvalue weighted by molar-refractivity contribution is 5.15. The van der Waals surface area contributed by atoms with Crippen LogP contribution < -0.4 is 5.32 Å². The van der Waals surface area contributed by atoms with E-state index < -0.39 is 0 Å². The molecule has 0 spiro atoms. The summed E-state index contributed by atoms with van der Waals surface area (Å²) >= 11 is 0. The molecule has 1 heterocycles. The van der Waals surface area contributed by atoms with E-state index in [1.54, 1.807) is 5.57 Å². The normalized spacial score (nSPS) is 22.3. The van der Waals surface area contributed by atoms with E-state index in [-0.39, 0.29) is 0 Å². The Morgan fingerprint density at radius 2 is 2.25 bits per heavy atom. The molecule has 1 N–H and O–H groups in total. The zero-order chi connectivity index (χ0) is 11.2. The lowest BCUT2D eigenvalue weighted by molar-refractivity contribution is 0.214. The van der Waals surface area contributed by atoms with Gasteiger partial charge in [-0.3, -0.25) is 0 Å². The SMILES string of the molecule is CCNC(CC1=CCCCC1)C1=CCCO1. The number of allylic oxidation sites excluding steroid dienone is 1. The fourth-order valence-electron chi connectivity index (χ4n) is 2.55. The van der Waals surface area contributed by atoms with Gasteiger partial charge in [0.1, 0.15) is 5.76 Å². The number of nitrogens with one attached hydrogen (secondary N) is 1. The van der Waals surface area contributed by atoms with Gasteiger partial charge < -0.3 is 10.1 Å². The fourth-order valence-corrected chi connectivity index (χ4v) is 2.55. The van der Waals surface area contributed by atoms with Crippen molar-refractivity contribution < 1.29 is 4.74 Å². The monoisotopic (exact) mass is 221 g/mol. The first-order chi connectivity index (χ1) is 7.90. The Morgan fingerprint density at radius 1 is 1.31 bits per heavy atom. The van der Waals surface area contributed by atoms with E-state index in [4.69, 9.17) is 4.74 Å². The highest BCUT2D eigenvalue weighted by Crippen LogP contribution is 2.25. The molecule has 0 bridgehead atoms. The van der Waals surface area contributed by atoms with E-state index in [0.717, 1.165) is 26.0 Å². The van der Waals surface area contributed by atoms with Gasteiger partial charge in [0, 0.05) is 6.42 Å². The second-order valence-corrected chi connectivity index (χ2v) is 4.67. The molecule has 1 aliphatic carbocycles. The highest BCUT2D eigenvalue weighted by atomic mass is 16.5. The Hall–Kier alpha value is -0.760. The van der Waals surface area contributed by atoms with Gasteiger partial charge in [0.2, 0.25) is 0 Å². The first kappa shape index (κ1) is 11.7. The molecule has 0 radical (unpaired) electrons. The molecule has 0 aromatic rings. The van der Waals surface area contributed by atoms with Crippen molar-refractivity contribution in [1.82, 2.24) is 5.32 Å². The highest BCUT2D eigenvalue weighted by Gasteiger charge is 2.19. The molecule has 0 aromatic carbocycles. The average molecular weight is 221 g/mol. The predicted molar refractivity (Wildman–Crippen MR) is 67.3 cm³/mol. The number of likely N-dealkylation sites (N-methyl/N-ethyl adjacent to an activating group) is 1. The maximum absolute atomic E-state index is 5.68. The molecule has 2 nitrogen and oxygen atoms in total. The quantitative estimate of drug-likeness (QED) is 0.720. The van der Waals surface area contributed by atoms with E-state index in [1.165, 1.54) is 31.4 Å². The maximum atomic E-state index is 5.68. The zero-order valence-corrected chi connectivity index (χ0v) is 10.3. The molecular weight excluding hydrogens is 198 g/mol. The fraction of sp³-hybridized carbons (Fsp3) is 0.714. The van der Waals surface area contributed by atoms with Gasteiger partial charge in [-0.05, 0) is 44.7 Å². The van der Waals surface area contributed by atoms with Gasteiger partial charge in [-0.25, -0.2) is 0 Å². The van der Waals surface area contributed by atoms with Crippen molar-refractivity contribution in [3.8, 4) is 0 Å². The molecule has 2 rings (SSSR count). The minimum atomic E-state index is 0.414. The molecule has 90 valence electrons. The smallest absolute Gasteiger partial charge is 0.109 e. The summed E-state index contributed by atoms with van der Waals surface area (Å²) in [5, 5.41) is 3.54. The van der Waals surface area contributed by atoms with E-state index in [9.17, 15) is 0 Å². The summed E-state index contributed by atoms with van der Waals surface area (Å²) in [7, 11) is 0. The molecular formula is C14H23NO. The molecule has 1 atom stereocenters. The van der Waals surface area contributed by atoms with Crippen molar-refractivity contribution in [2.75, 3.05) is 13.2 Å². The Morgan fingerprint density at radius 3 is 2.88 bits per heavy atom. The second-order valence-electron chi connectivity index (χ2n) is 4.67. The van der Waals surface area contributed by atoms with Gasteiger partial charge >= 0.3 is 0 Å². The molecule has 16 heavy (non-hydrogen) atoms. The topological polar surface area (TPSA) is 21.3 Å². The number of hydrogen-bond donors (Lipinski definition) is 1. The van der Waals surface area contributed by atoms with Gasteiger partial charge in [0.05, 0.1) is 12.6 Å². The molecule has 1 aliphatic heterocycles. The number of rotatable bonds is 5. The summed E-state index contributed by atoms with van der Waals surface area (Å²) in [4.78, 5) is 0. The third-order valence-electron chi connectivity index (χ3n) is 3.38. The molecule has 0 saturated heterocycles. The summed E-state index contributed by atoms with van der Waals surface area (Å²) in [6, 6.07) is 0.414. The van der Waals surface area contributed by atoms with E-state index >= 15 is 0 Å². The first-order valence-corrected chi connectivity index (χ1v) is 6.64. The lowest BCUT2D eigenvalue weighted by Crippen LogP contribution is -2.31. The molecule has 0 aromatic heterocycles. The lowest BCUT2D eigenvalue weighted by Gasteiger charge is -2.22. The van der Waals surface area contributed by atoms with Crippen molar-refractivity contribution in [2.45, 2.75) is 51.5 Å². The van der Waals surface area contributed by atoms with Crippen LogP contribution in [0.4, 0.5) is 0 Å². The van der Waals surface area contributed by atoms with Gasteiger partial charge in [-0.2, -0.15) is 0 Å². The van der Waals surface area contributed by atoms with Crippen LogP contribution in [0, 0.1) is 0 Å². The Kier molecular flexibility index (Phi) is 4.46. The molecule has 0 amide bonds. The Balaban J connectivity index is 1.93. The van der Waals surface area contributed by atoms with Crippen molar-refractivity contribution in [2.24, 2.45) is 0 Å². The number of ether oxygens (including phenoxy) is 1. The van der Waals surface area contributed by atoms with E-state index in [1.807, 2.05) is 0 Å². The van der Waals surface area contributed by atoms with E-state index in [0.29, 0.717) is 6.04 Å². The van der Waals surface area contributed by atoms with Gasteiger partial charge in [0.25, 0.3) is 0 Å². The zero-order valence-electron chi connectivity index (χ0n) is 10.3. The van der Waals surface area contributed by atoms with Crippen LogP contribution in [0.1, 0.15) is 45.4 Å². The molecule has 0 saturated carbocycles. The third kappa shape index (κ3) is 3.11. The van der Waals surface area contributed by atoms with Crippen molar-refractivity contribution in [3.05, 3.63) is 23.5 Å². The summed E-state index contributed by atoms with van der Waals surface area (Å²) in [6.45, 7) is 4.05. The molecule has 0 fully saturated rings. The van der Waals surface area contributed by atoms with Crippen molar-refractivity contribution in [1.29, 1.82) is 0 Å². The standard InChI is InChI=1S/C14H23NO/c1-2-15-13(14-9-6-10-16-14)11-12-7-4-3-5-8-12/h7,9,13,15H,2-6,8,10-11H2,1H3. The number of hydrogen-bond acceptors (Lipinski definition) is 2. The van der Waals surface area contributed by atoms with Crippen LogP contribution >= 0.6 is 0 Å². The molecule has 1 unspecified atom stereocenters. The minimum Gasteiger partial charge on any atom is -0.496 e. The minimum absolute atomic E-state index is 0.414. The van der Waals surface area contributed by atoms with Crippen LogP contribution in [-0.4, -0.2) is 19.2 Å². The van der Waals surface area contributed by atoms with Crippen molar-refractivity contribution >= 4 is 0 Å². The van der Waals surface area contributed by atoms with Crippen LogP contribution in [-0.2, 0) is 4.74 Å². The first-order valence-electron chi connectivity index (χ1n) is 6.64. The predicted octanol–water partition coefficient (Wildman–Crippen LogP) is 3.16. The molecule has 2 heteroatoms. The van der Waals surface area contributed by atoms with Crippen LogP contribution in [0.3, 0.4) is 0 Å². The third-order valence-corrected chi connectivity index (χ3v) is 3.38. The van der Waals surface area contributed by atoms with Crippen LogP contribution in [0.15, 0.2) is 23.5 Å². The van der Waals surface area contributed by atoms with Gasteiger partial charge in [-0.1, -0.05) is 18.6 Å². The summed E-state index contributed by atoms with van der Waals surface area (Å²) in [5.41, 5.74) is 1.62. The summed E-state index contributed by atoms with van der Waals surface area (Å²) in [6.07, 6.45) is 12.2. The van der Waals surface area contributed by atoms with Crippen LogP contribution in [0.5, 0.6) is 0 Å². The van der Waals surface area contributed by atoms with Crippen LogP contribution in [0.2, 0.25) is 0 Å². The van der Waals surface area contributed by atoms with E-state index in [2.05, 4.69) is 24.4 Å². The average Bonchev–Trinajstić information content (AvgIpc) is 2.83. The second kappa shape index (κ2) is 6.09.